The van der Waals surface area contributed by atoms with Crippen molar-refractivity contribution >= 4 is 11.8 Å². The molecule has 1 aliphatic rings. The molecule has 0 aromatic carbocycles. The van der Waals surface area contributed by atoms with Gasteiger partial charge in [0.15, 0.2) is 0 Å². The number of aliphatic hydroxyl groups excluding tert-OH is 1. The summed E-state index contributed by atoms with van der Waals surface area (Å²) in [6.45, 7) is 2.01. The van der Waals surface area contributed by atoms with Crippen LogP contribution in [0.5, 0.6) is 0 Å². The Morgan fingerprint density at radius 3 is 2.62 bits per heavy atom. The molecule has 0 aromatic rings. The molecule has 0 radical (unpaired) electrons. The van der Waals surface area contributed by atoms with Crippen molar-refractivity contribution in [3.63, 3.8) is 0 Å². The molecular formula is C11H20N2O3. The maximum atomic E-state index is 11.4. The van der Waals surface area contributed by atoms with Gasteiger partial charge in [0.05, 0.1) is 12.6 Å². The monoisotopic (exact) mass is 228 g/mol. The first-order valence-electron chi connectivity index (χ1n) is 5.67. The van der Waals surface area contributed by atoms with E-state index in [-0.39, 0.29) is 30.4 Å². The molecule has 5 heteroatoms. The van der Waals surface area contributed by atoms with Gasteiger partial charge in [0.1, 0.15) is 0 Å². The van der Waals surface area contributed by atoms with Gasteiger partial charge in [0.25, 0.3) is 0 Å². The average molecular weight is 228 g/mol. The van der Waals surface area contributed by atoms with E-state index in [2.05, 4.69) is 5.32 Å². The third kappa shape index (κ3) is 3.81. The Morgan fingerprint density at radius 1 is 1.44 bits per heavy atom. The summed E-state index contributed by atoms with van der Waals surface area (Å²) in [4.78, 5) is 23.7. The standard InChI is InChI=1S/C11H20N2O3/c1-8(14)13(2)7-11(16)12-6-9-4-3-5-10(9)15/h9-10,15H,3-7H2,1-2H3,(H,12,16). The molecule has 2 amide bonds. The van der Waals surface area contributed by atoms with Crippen molar-refractivity contribution in [3.05, 3.63) is 0 Å². The third-order valence-corrected chi connectivity index (χ3v) is 3.10. The van der Waals surface area contributed by atoms with Crippen LogP contribution in [0.3, 0.4) is 0 Å². The molecule has 92 valence electrons. The van der Waals surface area contributed by atoms with E-state index in [0.717, 1.165) is 19.3 Å². The van der Waals surface area contributed by atoms with E-state index in [1.807, 2.05) is 0 Å². The van der Waals surface area contributed by atoms with Crippen molar-refractivity contribution in [1.29, 1.82) is 0 Å². The smallest absolute Gasteiger partial charge is 0.239 e. The van der Waals surface area contributed by atoms with Gasteiger partial charge in [-0.3, -0.25) is 9.59 Å². The zero-order valence-corrected chi connectivity index (χ0v) is 9.90. The fourth-order valence-corrected chi connectivity index (χ4v) is 1.88. The fourth-order valence-electron chi connectivity index (χ4n) is 1.88. The summed E-state index contributed by atoms with van der Waals surface area (Å²) in [6, 6.07) is 0. The molecular weight excluding hydrogens is 208 g/mol. The third-order valence-electron chi connectivity index (χ3n) is 3.10. The Kier molecular flexibility index (Phi) is 4.73. The van der Waals surface area contributed by atoms with Gasteiger partial charge in [-0.15, -0.1) is 0 Å². The van der Waals surface area contributed by atoms with Crippen LogP contribution in [-0.4, -0.2) is 48.1 Å². The van der Waals surface area contributed by atoms with E-state index >= 15 is 0 Å². The number of amides is 2. The fraction of sp³-hybridized carbons (Fsp3) is 0.818. The molecule has 5 nitrogen and oxygen atoms in total. The molecule has 16 heavy (non-hydrogen) atoms. The lowest BCUT2D eigenvalue weighted by molar-refractivity contribution is -0.133. The van der Waals surface area contributed by atoms with Gasteiger partial charge < -0.3 is 15.3 Å². The number of likely N-dealkylation sites (N-methyl/N-ethyl adjacent to an activating group) is 1. The summed E-state index contributed by atoms with van der Waals surface area (Å²) < 4.78 is 0. The Bertz CT molecular complexity index is 268. The second-order valence-electron chi connectivity index (χ2n) is 4.44. The van der Waals surface area contributed by atoms with E-state index in [1.165, 1.54) is 11.8 Å². The number of carbonyl (C=O) groups excluding carboxylic acids is 2. The Morgan fingerprint density at radius 2 is 2.12 bits per heavy atom. The van der Waals surface area contributed by atoms with Gasteiger partial charge in [-0.1, -0.05) is 6.42 Å². The second kappa shape index (κ2) is 5.84. The molecule has 1 saturated carbocycles. The van der Waals surface area contributed by atoms with Crippen LogP contribution >= 0.6 is 0 Å². The minimum atomic E-state index is -0.286. The highest BCUT2D eigenvalue weighted by atomic mass is 16.3. The number of aliphatic hydroxyl groups is 1. The minimum Gasteiger partial charge on any atom is -0.393 e. The maximum absolute atomic E-state index is 11.4. The van der Waals surface area contributed by atoms with Crippen molar-refractivity contribution in [3.8, 4) is 0 Å². The highest BCUT2D eigenvalue weighted by Crippen LogP contribution is 2.24. The van der Waals surface area contributed by atoms with Crippen LogP contribution in [0.25, 0.3) is 0 Å². The second-order valence-corrected chi connectivity index (χ2v) is 4.44. The molecule has 0 heterocycles. The van der Waals surface area contributed by atoms with Crippen molar-refractivity contribution in [2.75, 3.05) is 20.1 Å². The molecule has 0 aliphatic heterocycles. The molecule has 1 aliphatic carbocycles. The molecule has 1 fully saturated rings. The summed E-state index contributed by atoms with van der Waals surface area (Å²) in [7, 11) is 1.59. The van der Waals surface area contributed by atoms with Gasteiger partial charge >= 0.3 is 0 Å². The largest absolute Gasteiger partial charge is 0.393 e. The van der Waals surface area contributed by atoms with Crippen LogP contribution in [-0.2, 0) is 9.59 Å². The number of hydrogen-bond donors (Lipinski definition) is 2. The van der Waals surface area contributed by atoms with E-state index in [0.29, 0.717) is 6.54 Å². The number of rotatable bonds is 4. The van der Waals surface area contributed by atoms with Crippen molar-refractivity contribution in [2.24, 2.45) is 5.92 Å². The number of carbonyl (C=O) groups is 2. The SMILES string of the molecule is CC(=O)N(C)CC(=O)NCC1CCCC1O. The highest BCUT2D eigenvalue weighted by molar-refractivity contribution is 5.83. The quantitative estimate of drug-likeness (QED) is 0.696. The molecule has 0 spiro atoms. The normalized spacial score (nSPS) is 24.2. The topological polar surface area (TPSA) is 69.6 Å². The molecule has 0 bridgehead atoms. The minimum absolute atomic E-state index is 0.0815. The van der Waals surface area contributed by atoms with Crippen LogP contribution in [0, 0.1) is 5.92 Å². The summed E-state index contributed by atoms with van der Waals surface area (Å²) in [5, 5.41) is 12.3. The average Bonchev–Trinajstić information content (AvgIpc) is 2.61. The number of hydrogen-bond acceptors (Lipinski definition) is 3. The molecule has 1 rings (SSSR count). The predicted molar refractivity (Wildman–Crippen MR) is 59.7 cm³/mol. The van der Waals surface area contributed by atoms with Gasteiger partial charge in [0.2, 0.25) is 11.8 Å². The Balaban J connectivity index is 2.22. The lowest BCUT2D eigenvalue weighted by atomic mass is 10.1. The van der Waals surface area contributed by atoms with Crippen molar-refractivity contribution in [2.45, 2.75) is 32.3 Å². The van der Waals surface area contributed by atoms with E-state index < -0.39 is 0 Å². The van der Waals surface area contributed by atoms with E-state index in [9.17, 15) is 14.7 Å². The molecule has 2 N–H and O–H groups in total. The van der Waals surface area contributed by atoms with E-state index in [1.54, 1.807) is 7.05 Å². The molecule has 0 saturated heterocycles. The lowest BCUT2D eigenvalue weighted by Gasteiger charge is -2.17. The van der Waals surface area contributed by atoms with Crippen LogP contribution in [0.1, 0.15) is 26.2 Å². The van der Waals surface area contributed by atoms with Gasteiger partial charge in [-0.2, -0.15) is 0 Å². The zero-order valence-electron chi connectivity index (χ0n) is 9.90. The Hall–Kier alpha value is -1.10. The first kappa shape index (κ1) is 13.0. The first-order chi connectivity index (χ1) is 7.50. The zero-order chi connectivity index (χ0) is 12.1. The summed E-state index contributed by atoms with van der Waals surface area (Å²) in [5.74, 6) is -0.126. The van der Waals surface area contributed by atoms with Crippen molar-refractivity contribution in [1.82, 2.24) is 10.2 Å². The predicted octanol–water partition coefficient (Wildman–Crippen LogP) is -0.258. The van der Waals surface area contributed by atoms with Crippen LogP contribution in [0.4, 0.5) is 0 Å². The van der Waals surface area contributed by atoms with Gasteiger partial charge in [-0.25, -0.2) is 0 Å². The van der Waals surface area contributed by atoms with Gasteiger partial charge in [-0.05, 0) is 12.8 Å². The van der Waals surface area contributed by atoms with Crippen LogP contribution in [0.2, 0.25) is 0 Å². The van der Waals surface area contributed by atoms with Gasteiger partial charge in [0, 0.05) is 26.4 Å². The number of nitrogens with zero attached hydrogens (tertiary/aromatic N) is 1. The van der Waals surface area contributed by atoms with Crippen LogP contribution in [0.15, 0.2) is 0 Å². The molecule has 0 aromatic heterocycles. The molecule has 2 unspecified atom stereocenters. The maximum Gasteiger partial charge on any atom is 0.239 e. The van der Waals surface area contributed by atoms with Crippen molar-refractivity contribution < 1.29 is 14.7 Å². The lowest BCUT2D eigenvalue weighted by Crippen LogP contribution is -2.40. The van der Waals surface area contributed by atoms with Crippen LogP contribution < -0.4 is 5.32 Å². The summed E-state index contributed by atoms with van der Waals surface area (Å²) in [5.41, 5.74) is 0. The highest BCUT2D eigenvalue weighted by Gasteiger charge is 2.25. The summed E-state index contributed by atoms with van der Waals surface area (Å²) >= 11 is 0. The number of nitrogens with one attached hydrogen (secondary N) is 1. The first-order valence-corrected chi connectivity index (χ1v) is 5.67. The summed E-state index contributed by atoms with van der Waals surface area (Å²) in [6.07, 6.45) is 2.53. The Labute approximate surface area is 95.8 Å². The molecule has 2 atom stereocenters. The van der Waals surface area contributed by atoms with E-state index in [4.69, 9.17) is 0 Å².